The van der Waals surface area contributed by atoms with E-state index in [-0.39, 0.29) is 4.90 Å². The molecule has 5 heteroatoms. The third-order valence-electron chi connectivity index (χ3n) is 4.45. The molecule has 27 heavy (non-hydrogen) atoms. The summed E-state index contributed by atoms with van der Waals surface area (Å²) in [6.07, 6.45) is 1.81. The first-order valence-corrected chi connectivity index (χ1v) is 10.1. The second-order valence-corrected chi connectivity index (χ2v) is 8.10. The monoisotopic (exact) mass is 377 g/mol. The molecule has 1 aliphatic rings. The van der Waals surface area contributed by atoms with Gasteiger partial charge >= 0.3 is 0 Å². The van der Waals surface area contributed by atoms with Gasteiger partial charge in [-0.2, -0.15) is 0 Å². The molecule has 0 atom stereocenters. The van der Waals surface area contributed by atoms with Crippen LogP contribution in [0, 0.1) is 6.92 Å². The lowest BCUT2D eigenvalue weighted by molar-refractivity contribution is 0.357. The van der Waals surface area contributed by atoms with Gasteiger partial charge in [0.15, 0.2) is 0 Å². The standard InChI is InChI=1S/C22H19NO3S/c1-17-11-13-19(14-12-17)27(24,25)23(18-7-3-2-4-8-18)21-15-16-26-22-10-6-5-9-20(21)22/h2-15H,16H2,1H3. The zero-order valence-corrected chi connectivity index (χ0v) is 15.7. The number of anilines is 1. The third-order valence-corrected chi connectivity index (χ3v) is 6.20. The molecule has 1 heterocycles. The van der Waals surface area contributed by atoms with E-state index >= 15 is 0 Å². The van der Waals surface area contributed by atoms with E-state index in [0.29, 0.717) is 23.7 Å². The summed E-state index contributed by atoms with van der Waals surface area (Å²) in [5.74, 6) is 0.676. The summed E-state index contributed by atoms with van der Waals surface area (Å²) in [5, 5.41) is 0. The first-order chi connectivity index (χ1) is 13.1. The highest BCUT2D eigenvalue weighted by Crippen LogP contribution is 2.38. The predicted molar refractivity (Wildman–Crippen MR) is 107 cm³/mol. The summed E-state index contributed by atoms with van der Waals surface area (Å²) >= 11 is 0. The lowest BCUT2D eigenvalue weighted by Gasteiger charge is -2.30. The van der Waals surface area contributed by atoms with Crippen molar-refractivity contribution < 1.29 is 13.2 Å². The lowest BCUT2D eigenvalue weighted by Crippen LogP contribution is -2.31. The van der Waals surface area contributed by atoms with Gasteiger partial charge in [0.1, 0.15) is 12.4 Å². The van der Waals surface area contributed by atoms with Crippen LogP contribution in [0.5, 0.6) is 5.75 Å². The van der Waals surface area contributed by atoms with Crippen LogP contribution in [0.1, 0.15) is 11.1 Å². The van der Waals surface area contributed by atoms with Crippen molar-refractivity contribution in [2.45, 2.75) is 11.8 Å². The average Bonchev–Trinajstić information content (AvgIpc) is 2.69. The summed E-state index contributed by atoms with van der Waals surface area (Å²) in [7, 11) is -3.80. The third kappa shape index (κ3) is 3.22. The van der Waals surface area contributed by atoms with E-state index in [0.717, 1.165) is 11.1 Å². The van der Waals surface area contributed by atoms with Gasteiger partial charge in [-0.05, 0) is 49.4 Å². The SMILES string of the molecule is Cc1ccc(S(=O)(=O)N(C2=CCOc3ccccc32)c2ccccc2)cc1. The molecule has 136 valence electrons. The van der Waals surface area contributed by atoms with Crippen molar-refractivity contribution in [1.82, 2.24) is 0 Å². The molecule has 4 nitrogen and oxygen atoms in total. The molecule has 0 spiro atoms. The van der Waals surface area contributed by atoms with Crippen molar-refractivity contribution in [2.24, 2.45) is 0 Å². The van der Waals surface area contributed by atoms with Crippen LogP contribution < -0.4 is 9.04 Å². The lowest BCUT2D eigenvalue weighted by atomic mass is 10.1. The van der Waals surface area contributed by atoms with E-state index in [1.807, 2.05) is 61.5 Å². The van der Waals surface area contributed by atoms with Gasteiger partial charge in [-0.25, -0.2) is 12.7 Å². The van der Waals surface area contributed by atoms with Crippen LogP contribution in [-0.4, -0.2) is 15.0 Å². The number of hydrogen-bond acceptors (Lipinski definition) is 3. The van der Waals surface area contributed by atoms with Crippen LogP contribution in [0.3, 0.4) is 0 Å². The summed E-state index contributed by atoms with van der Waals surface area (Å²) in [4.78, 5) is 0.252. The molecule has 3 aromatic carbocycles. The van der Waals surface area contributed by atoms with Crippen molar-refractivity contribution in [3.63, 3.8) is 0 Å². The van der Waals surface area contributed by atoms with Gasteiger partial charge in [0.05, 0.1) is 16.3 Å². The minimum Gasteiger partial charge on any atom is -0.489 e. The van der Waals surface area contributed by atoms with Crippen molar-refractivity contribution in [3.05, 3.63) is 96.1 Å². The van der Waals surface area contributed by atoms with Gasteiger partial charge in [-0.1, -0.05) is 48.0 Å². The van der Waals surface area contributed by atoms with Gasteiger partial charge in [-0.3, -0.25) is 0 Å². The second kappa shape index (κ2) is 6.93. The Morgan fingerprint density at radius 1 is 0.852 bits per heavy atom. The fraction of sp³-hybridized carbons (Fsp3) is 0.0909. The van der Waals surface area contributed by atoms with E-state index in [2.05, 4.69) is 0 Å². The van der Waals surface area contributed by atoms with Crippen LogP contribution in [-0.2, 0) is 10.0 Å². The smallest absolute Gasteiger partial charge is 0.268 e. The maximum atomic E-state index is 13.6. The Morgan fingerprint density at radius 2 is 1.52 bits per heavy atom. The minimum atomic E-state index is -3.80. The first-order valence-electron chi connectivity index (χ1n) is 8.67. The summed E-state index contributed by atoms with van der Waals surface area (Å²) in [6, 6.07) is 23.5. The highest BCUT2D eigenvalue weighted by molar-refractivity contribution is 7.93. The van der Waals surface area contributed by atoms with Crippen molar-refractivity contribution in [3.8, 4) is 5.75 Å². The Hall–Kier alpha value is -3.05. The van der Waals surface area contributed by atoms with E-state index in [4.69, 9.17) is 4.74 Å². The molecule has 0 unspecified atom stereocenters. The van der Waals surface area contributed by atoms with Gasteiger partial charge in [0.25, 0.3) is 10.0 Å². The maximum Gasteiger partial charge on any atom is 0.268 e. The van der Waals surface area contributed by atoms with Gasteiger partial charge in [-0.15, -0.1) is 0 Å². The average molecular weight is 377 g/mol. The van der Waals surface area contributed by atoms with Crippen LogP contribution in [0.2, 0.25) is 0 Å². The zero-order chi connectivity index (χ0) is 18.9. The number of para-hydroxylation sites is 2. The molecule has 0 saturated heterocycles. The predicted octanol–water partition coefficient (Wildman–Crippen LogP) is 4.62. The topological polar surface area (TPSA) is 46.6 Å². The number of nitrogens with zero attached hydrogens (tertiary/aromatic N) is 1. The van der Waals surface area contributed by atoms with Gasteiger partial charge in [0, 0.05) is 5.56 Å². The Bertz CT molecular complexity index is 1090. The van der Waals surface area contributed by atoms with Crippen molar-refractivity contribution >= 4 is 21.4 Å². The van der Waals surface area contributed by atoms with Crippen molar-refractivity contribution in [2.75, 3.05) is 10.9 Å². The van der Waals surface area contributed by atoms with Gasteiger partial charge in [0.2, 0.25) is 0 Å². The molecule has 0 aromatic heterocycles. The zero-order valence-electron chi connectivity index (χ0n) is 14.9. The van der Waals surface area contributed by atoms with E-state index in [1.54, 1.807) is 30.3 Å². The fourth-order valence-corrected chi connectivity index (χ4v) is 4.63. The summed E-state index contributed by atoms with van der Waals surface area (Å²) < 4.78 is 34.3. The highest BCUT2D eigenvalue weighted by Gasteiger charge is 2.31. The van der Waals surface area contributed by atoms with Crippen LogP contribution in [0.4, 0.5) is 5.69 Å². The number of rotatable bonds is 4. The number of aryl methyl sites for hydroxylation is 1. The number of hydrogen-bond donors (Lipinski definition) is 0. The fourth-order valence-electron chi connectivity index (χ4n) is 3.10. The molecule has 0 N–H and O–H groups in total. The minimum absolute atomic E-state index is 0.252. The quantitative estimate of drug-likeness (QED) is 0.666. The normalized spacial score (nSPS) is 13.3. The molecule has 4 rings (SSSR count). The second-order valence-electron chi connectivity index (χ2n) is 6.31. The molecule has 0 aliphatic carbocycles. The van der Waals surface area contributed by atoms with Crippen LogP contribution in [0.15, 0.2) is 89.8 Å². The molecule has 0 radical (unpaired) electrons. The molecule has 0 fully saturated rings. The number of sulfonamides is 1. The molecular formula is C22H19NO3S. The Kier molecular flexibility index (Phi) is 4.46. The Morgan fingerprint density at radius 3 is 2.26 bits per heavy atom. The molecule has 0 amide bonds. The number of benzene rings is 3. The molecule has 1 aliphatic heterocycles. The first kappa shape index (κ1) is 17.4. The summed E-state index contributed by atoms with van der Waals surface area (Å²) in [5.41, 5.74) is 2.95. The molecule has 0 bridgehead atoms. The number of fused-ring (bicyclic) bond motifs is 1. The molecule has 3 aromatic rings. The van der Waals surface area contributed by atoms with Crippen LogP contribution >= 0.6 is 0 Å². The van der Waals surface area contributed by atoms with Crippen molar-refractivity contribution in [1.29, 1.82) is 0 Å². The maximum absolute atomic E-state index is 13.6. The Balaban J connectivity index is 1.91. The van der Waals surface area contributed by atoms with E-state index in [9.17, 15) is 8.42 Å². The molecular weight excluding hydrogens is 358 g/mol. The van der Waals surface area contributed by atoms with E-state index in [1.165, 1.54) is 4.31 Å². The number of ether oxygens (including phenoxy) is 1. The molecule has 0 saturated carbocycles. The van der Waals surface area contributed by atoms with E-state index < -0.39 is 10.0 Å². The largest absolute Gasteiger partial charge is 0.489 e. The van der Waals surface area contributed by atoms with Crippen LogP contribution in [0.25, 0.3) is 5.70 Å². The highest BCUT2D eigenvalue weighted by atomic mass is 32.2. The Labute approximate surface area is 159 Å². The summed E-state index contributed by atoms with van der Waals surface area (Å²) in [6.45, 7) is 2.25. The van der Waals surface area contributed by atoms with Gasteiger partial charge < -0.3 is 4.74 Å².